The van der Waals surface area contributed by atoms with Crippen molar-refractivity contribution < 1.29 is 18.7 Å². The highest BCUT2D eigenvalue weighted by Crippen LogP contribution is 2.30. The number of ketones is 1. The Bertz CT molecular complexity index is 1150. The van der Waals surface area contributed by atoms with Crippen LogP contribution in [0.1, 0.15) is 24.2 Å². The van der Waals surface area contributed by atoms with Gasteiger partial charge in [0, 0.05) is 12.1 Å². The highest BCUT2D eigenvalue weighted by molar-refractivity contribution is 7.99. The maximum Gasteiger partial charge on any atom is 0.262 e. The lowest BCUT2D eigenvalue weighted by molar-refractivity contribution is -0.118. The van der Waals surface area contributed by atoms with E-state index in [1.54, 1.807) is 36.4 Å². The predicted octanol–water partition coefficient (Wildman–Crippen LogP) is 4.05. The number of carbonyl (C=O) groups excluding carboxylic acids is 2. The van der Waals surface area contributed by atoms with Crippen molar-refractivity contribution in [2.45, 2.75) is 25.5 Å². The molecule has 31 heavy (non-hydrogen) atoms. The van der Waals surface area contributed by atoms with Gasteiger partial charge >= 0.3 is 0 Å². The lowest BCUT2D eigenvalue weighted by Gasteiger charge is -2.18. The number of halogens is 1. The van der Waals surface area contributed by atoms with E-state index in [0.717, 1.165) is 0 Å². The number of nitrogens with one attached hydrogen (secondary N) is 1. The Morgan fingerprint density at radius 1 is 1.26 bits per heavy atom. The largest absolute Gasteiger partial charge is 0.482 e. The van der Waals surface area contributed by atoms with Crippen molar-refractivity contribution in [1.82, 2.24) is 14.8 Å². The first kappa shape index (κ1) is 21.0. The molecule has 1 amide bonds. The molecule has 1 N–H and O–H groups in total. The molecule has 2 aromatic carbocycles. The first-order valence-corrected chi connectivity index (χ1v) is 10.8. The second-order valence-corrected chi connectivity index (χ2v) is 8.49. The van der Waals surface area contributed by atoms with Gasteiger partial charge in [-0.2, -0.15) is 0 Å². The number of anilines is 1. The molecule has 9 heteroatoms. The first-order valence-electron chi connectivity index (χ1n) is 9.83. The third-order valence-corrected chi connectivity index (χ3v) is 5.61. The zero-order valence-electron chi connectivity index (χ0n) is 17.1. The monoisotopic (exact) mass is 440 g/mol. The van der Waals surface area contributed by atoms with Crippen molar-refractivity contribution in [2.75, 3.05) is 17.7 Å². The second kappa shape index (κ2) is 8.89. The van der Waals surface area contributed by atoms with Crippen LogP contribution in [0.2, 0.25) is 0 Å². The van der Waals surface area contributed by atoms with Gasteiger partial charge in [0.2, 0.25) is 0 Å². The smallest absolute Gasteiger partial charge is 0.262 e. The number of rotatable bonds is 7. The Balaban J connectivity index is 1.54. The molecule has 2 heterocycles. The third kappa shape index (κ3) is 4.61. The number of nitrogens with zero attached hydrogens (tertiary/aromatic N) is 3. The third-order valence-electron chi connectivity index (χ3n) is 4.65. The van der Waals surface area contributed by atoms with Gasteiger partial charge in [-0.15, -0.1) is 10.2 Å². The van der Waals surface area contributed by atoms with E-state index in [4.69, 9.17) is 4.74 Å². The zero-order chi connectivity index (χ0) is 22.0. The van der Waals surface area contributed by atoms with Crippen LogP contribution >= 0.6 is 11.8 Å². The van der Waals surface area contributed by atoms with E-state index >= 15 is 0 Å². The number of benzene rings is 2. The molecule has 0 fully saturated rings. The van der Waals surface area contributed by atoms with E-state index in [0.29, 0.717) is 40.1 Å². The summed E-state index contributed by atoms with van der Waals surface area (Å²) >= 11 is 1.25. The van der Waals surface area contributed by atoms with E-state index in [-0.39, 0.29) is 35.8 Å². The molecule has 0 bridgehead atoms. The Morgan fingerprint density at radius 3 is 2.84 bits per heavy atom. The van der Waals surface area contributed by atoms with Crippen LogP contribution in [0.4, 0.5) is 10.1 Å². The van der Waals surface area contributed by atoms with Crippen LogP contribution in [0.25, 0.3) is 11.4 Å². The summed E-state index contributed by atoms with van der Waals surface area (Å²) in [6.45, 7) is 4.66. The van der Waals surface area contributed by atoms with E-state index < -0.39 is 0 Å². The number of thioether (sulfide) groups is 1. The van der Waals surface area contributed by atoms with Crippen molar-refractivity contribution >= 4 is 29.1 Å². The van der Waals surface area contributed by atoms with Gasteiger partial charge in [-0.25, -0.2) is 4.39 Å². The number of Topliss-reactive ketones (excluding diaryl/α,β-unsaturated/α-hetero) is 1. The summed E-state index contributed by atoms with van der Waals surface area (Å²) < 4.78 is 21.5. The van der Waals surface area contributed by atoms with E-state index in [1.165, 1.54) is 17.8 Å². The summed E-state index contributed by atoms with van der Waals surface area (Å²) in [5, 5.41) is 11.7. The molecule has 0 atom stereocenters. The molecule has 4 rings (SSSR count). The fourth-order valence-electron chi connectivity index (χ4n) is 3.24. The summed E-state index contributed by atoms with van der Waals surface area (Å²) in [5.41, 5.74) is 1.32. The van der Waals surface area contributed by atoms with Crippen LogP contribution in [0.15, 0.2) is 47.6 Å². The first-order chi connectivity index (χ1) is 14.9. The molecule has 0 radical (unpaired) electrons. The van der Waals surface area contributed by atoms with Crippen molar-refractivity contribution in [1.29, 1.82) is 0 Å². The van der Waals surface area contributed by atoms with Gasteiger partial charge in [0.05, 0.1) is 17.0 Å². The Morgan fingerprint density at radius 2 is 2.06 bits per heavy atom. The molecule has 1 aliphatic heterocycles. The molecule has 1 aliphatic rings. The standard InChI is InChI=1S/C22H21FN4O3S/c1-13(2)10-27-21(15-5-3-4-6-16(15)23)25-26-22(27)31-12-18(28)14-7-8-19-17(9-14)24-20(29)11-30-19/h3-9,13H,10-12H2,1-2H3,(H,24,29). The van der Waals surface area contributed by atoms with E-state index in [9.17, 15) is 14.0 Å². The molecule has 0 unspecified atom stereocenters. The van der Waals surface area contributed by atoms with Crippen LogP contribution in [0, 0.1) is 11.7 Å². The minimum atomic E-state index is -0.370. The second-order valence-electron chi connectivity index (χ2n) is 7.55. The normalized spacial score (nSPS) is 13.0. The van der Waals surface area contributed by atoms with Crippen LogP contribution in [-0.4, -0.2) is 38.8 Å². The molecule has 0 spiro atoms. The lowest BCUT2D eigenvalue weighted by atomic mass is 10.1. The number of amides is 1. The molecule has 1 aromatic heterocycles. The number of hydrogen-bond donors (Lipinski definition) is 1. The molecule has 0 aliphatic carbocycles. The summed E-state index contributed by atoms with van der Waals surface area (Å²) in [5.74, 6) is 0.631. The maximum atomic E-state index is 14.3. The van der Waals surface area contributed by atoms with Gasteiger partial charge in [-0.1, -0.05) is 37.7 Å². The fraction of sp³-hybridized carbons (Fsp3) is 0.273. The predicted molar refractivity (Wildman–Crippen MR) is 116 cm³/mol. The van der Waals surface area contributed by atoms with Gasteiger partial charge in [0.1, 0.15) is 11.6 Å². The number of carbonyl (C=O) groups is 2. The summed E-state index contributed by atoms with van der Waals surface area (Å²) in [6, 6.07) is 11.4. The van der Waals surface area contributed by atoms with Crippen LogP contribution in [0.3, 0.4) is 0 Å². The minimum absolute atomic E-state index is 0.0357. The quantitative estimate of drug-likeness (QED) is 0.441. The van der Waals surface area contributed by atoms with Gasteiger partial charge in [-0.3, -0.25) is 9.59 Å². The molecule has 0 saturated carbocycles. The van der Waals surface area contributed by atoms with Gasteiger partial charge < -0.3 is 14.6 Å². The lowest BCUT2D eigenvalue weighted by Crippen LogP contribution is -2.25. The van der Waals surface area contributed by atoms with Crippen molar-refractivity contribution in [2.24, 2.45) is 5.92 Å². The van der Waals surface area contributed by atoms with Gasteiger partial charge in [0.15, 0.2) is 23.4 Å². The molecule has 0 saturated heterocycles. The number of aromatic nitrogens is 3. The van der Waals surface area contributed by atoms with Gasteiger partial charge in [0.25, 0.3) is 5.91 Å². The van der Waals surface area contributed by atoms with E-state index in [2.05, 4.69) is 15.5 Å². The topological polar surface area (TPSA) is 86.1 Å². The van der Waals surface area contributed by atoms with Crippen LogP contribution in [0.5, 0.6) is 5.75 Å². The minimum Gasteiger partial charge on any atom is -0.482 e. The zero-order valence-corrected chi connectivity index (χ0v) is 17.9. The Hall–Kier alpha value is -3.20. The van der Waals surface area contributed by atoms with Crippen molar-refractivity contribution in [3.8, 4) is 17.1 Å². The summed E-state index contributed by atoms with van der Waals surface area (Å²) in [4.78, 5) is 24.3. The van der Waals surface area contributed by atoms with Gasteiger partial charge in [-0.05, 0) is 36.2 Å². The highest BCUT2D eigenvalue weighted by atomic mass is 32.2. The maximum absolute atomic E-state index is 14.3. The molecule has 160 valence electrons. The van der Waals surface area contributed by atoms with E-state index in [1.807, 2.05) is 18.4 Å². The Kier molecular flexibility index (Phi) is 6.03. The van der Waals surface area contributed by atoms with Crippen LogP contribution < -0.4 is 10.1 Å². The number of ether oxygens (including phenoxy) is 1. The number of hydrogen-bond acceptors (Lipinski definition) is 6. The Labute approximate surface area is 183 Å². The molecule has 3 aromatic rings. The fourth-order valence-corrected chi connectivity index (χ4v) is 4.08. The number of fused-ring (bicyclic) bond motifs is 1. The molecular weight excluding hydrogens is 419 g/mol. The molecule has 7 nitrogen and oxygen atoms in total. The average Bonchev–Trinajstić information content (AvgIpc) is 3.13. The summed E-state index contributed by atoms with van der Waals surface area (Å²) in [7, 11) is 0. The van der Waals surface area contributed by atoms with Crippen LogP contribution in [-0.2, 0) is 11.3 Å². The average molecular weight is 441 g/mol. The molecular formula is C22H21FN4O3S. The summed E-state index contributed by atoms with van der Waals surface area (Å²) in [6.07, 6.45) is 0. The van der Waals surface area contributed by atoms with Crippen molar-refractivity contribution in [3.63, 3.8) is 0 Å². The van der Waals surface area contributed by atoms with Crippen molar-refractivity contribution in [3.05, 3.63) is 53.8 Å². The SMILES string of the molecule is CC(C)Cn1c(SCC(=O)c2ccc3c(c2)NC(=O)CO3)nnc1-c1ccccc1F. The highest BCUT2D eigenvalue weighted by Gasteiger charge is 2.21.